The molecule has 0 aromatic rings. The monoisotopic (exact) mass is 383 g/mol. The van der Waals surface area contributed by atoms with Crippen LogP contribution in [0.3, 0.4) is 0 Å². The molecular weight excluding hydrogens is 338 g/mol. The summed E-state index contributed by atoms with van der Waals surface area (Å²) in [4.78, 5) is 3.07. The molecule has 0 amide bonds. The van der Waals surface area contributed by atoms with Crippen LogP contribution in [0.2, 0.25) is 0 Å². The molecule has 0 N–H and O–H groups in total. The average molecular weight is 384 g/mol. The zero-order valence-corrected chi connectivity index (χ0v) is 19.1. The van der Waals surface area contributed by atoms with E-state index >= 15 is 0 Å². The molecule has 28 heavy (non-hydrogen) atoms. The molecular formula is C27H45N. The van der Waals surface area contributed by atoms with Crippen LogP contribution in [-0.4, -0.2) is 23.5 Å². The minimum atomic E-state index is 0.656. The third-order valence-corrected chi connectivity index (χ3v) is 12.2. The predicted molar refractivity (Wildman–Crippen MR) is 117 cm³/mol. The quantitative estimate of drug-likeness (QED) is 0.446. The molecule has 0 spiro atoms. The van der Waals surface area contributed by atoms with Crippen LogP contribution in [0.25, 0.3) is 0 Å². The average Bonchev–Trinajstić information content (AvgIpc) is 3.14. The van der Waals surface area contributed by atoms with Gasteiger partial charge in [-0.15, -0.1) is 0 Å². The summed E-state index contributed by atoms with van der Waals surface area (Å²) in [6, 6.07) is 1.86. The second-order valence-corrected chi connectivity index (χ2v) is 13.1. The van der Waals surface area contributed by atoms with Crippen molar-refractivity contribution in [3.63, 3.8) is 0 Å². The molecule has 1 nitrogen and oxygen atoms in total. The summed E-state index contributed by atoms with van der Waals surface area (Å²) in [5, 5.41) is 0. The molecule has 6 fully saturated rings. The molecule has 158 valence electrons. The first kappa shape index (κ1) is 18.7. The van der Waals surface area contributed by atoms with E-state index in [-0.39, 0.29) is 0 Å². The highest BCUT2D eigenvalue weighted by Gasteiger charge is 2.66. The standard InChI is InChI=1S/C27H45N/c1-17-8-11-23-18(2)25-24(28(23)16-17)15-22-20-10-9-19-7-5-6-13-26(19,3)21(20)12-14-27(22,25)4/h17-25H,5-16H2,1-4H3/t17-,18+,19?,20+,21-,22-,23+,24-,25?,26-,27-/m0/s1. The van der Waals surface area contributed by atoms with Crippen molar-refractivity contribution in [3.8, 4) is 0 Å². The molecule has 0 bridgehead atoms. The number of hydrogen-bond donors (Lipinski definition) is 0. The first-order chi connectivity index (χ1) is 13.4. The van der Waals surface area contributed by atoms with Crippen LogP contribution in [0.5, 0.6) is 0 Å². The van der Waals surface area contributed by atoms with E-state index in [9.17, 15) is 0 Å². The summed E-state index contributed by atoms with van der Waals surface area (Å²) < 4.78 is 0. The molecule has 1 heteroatoms. The van der Waals surface area contributed by atoms with Crippen molar-refractivity contribution >= 4 is 0 Å². The summed E-state index contributed by atoms with van der Waals surface area (Å²) in [7, 11) is 0. The largest absolute Gasteiger partial charge is 0.297 e. The maximum atomic E-state index is 3.07. The fourth-order valence-electron chi connectivity index (χ4n) is 11.0. The summed E-state index contributed by atoms with van der Waals surface area (Å²) in [6.07, 6.45) is 17.0. The van der Waals surface area contributed by atoms with Crippen LogP contribution in [0.15, 0.2) is 0 Å². The molecule has 0 aromatic heterocycles. The molecule has 0 aromatic carbocycles. The lowest BCUT2D eigenvalue weighted by Gasteiger charge is -2.60. The molecule has 4 aliphatic carbocycles. The number of fused-ring (bicyclic) bond motifs is 9. The number of piperidine rings is 1. The normalized spacial score (nSPS) is 61.1. The molecule has 0 radical (unpaired) electrons. The van der Waals surface area contributed by atoms with Crippen molar-refractivity contribution in [2.75, 3.05) is 6.54 Å². The zero-order valence-electron chi connectivity index (χ0n) is 19.1. The maximum Gasteiger partial charge on any atom is 0.0138 e. The van der Waals surface area contributed by atoms with Crippen LogP contribution in [0.1, 0.15) is 98.3 Å². The van der Waals surface area contributed by atoms with Gasteiger partial charge in [0.2, 0.25) is 0 Å². The summed E-state index contributed by atoms with van der Waals surface area (Å²) in [5.74, 6) is 7.13. The van der Waals surface area contributed by atoms with Gasteiger partial charge in [0.15, 0.2) is 0 Å². The van der Waals surface area contributed by atoms with E-state index in [0.717, 1.165) is 53.5 Å². The van der Waals surface area contributed by atoms with E-state index in [1.165, 1.54) is 32.2 Å². The molecule has 2 heterocycles. The zero-order chi connectivity index (χ0) is 19.3. The van der Waals surface area contributed by atoms with Gasteiger partial charge in [0.05, 0.1) is 0 Å². The van der Waals surface area contributed by atoms with Gasteiger partial charge in [0.1, 0.15) is 0 Å². The van der Waals surface area contributed by atoms with Gasteiger partial charge in [-0.1, -0.05) is 40.5 Å². The maximum absolute atomic E-state index is 3.07. The highest BCUT2D eigenvalue weighted by molar-refractivity contribution is 5.17. The Morgan fingerprint density at radius 2 is 1.61 bits per heavy atom. The Bertz CT molecular complexity index is 628. The molecule has 4 saturated carbocycles. The van der Waals surface area contributed by atoms with E-state index in [1.807, 2.05) is 0 Å². The molecule has 2 saturated heterocycles. The minimum Gasteiger partial charge on any atom is -0.297 e. The van der Waals surface area contributed by atoms with Crippen molar-refractivity contribution in [1.29, 1.82) is 0 Å². The van der Waals surface area contributed by atoms with Crippen LogP contribution in [-0.2, 0) is 0 Å². The van der Waals surface area contributed by atoms with Crippen molar-refractivity contribution in [3.05, 3.63) is 0 Å². The van der Waals surface area contributed by atoms with Gasteiger partial charge in [-0.2, -0.15) is 0 Å². The van der Waals surface area contributed by atoms with Gasteiger partial charge in [-0.3, -0.25) is 4.90 Å². The fourth-order valence-corrected chi connectivity index (χ4v) is 11.0. The summed E-state index contributed by atoms with van der Waals surface area (Å²) >= 11 is 0. The van der Waals surface area contributed by atoms with Crippen LogP contribution in [0, 0.1) is 52.3 Å². The van der Waals surface area contributed by atoms with Crippen LogP contribution >= 0.6 is 0 Å². The lowest BCUT2D eigenvalue weighted by atomic mass is 9.44. The lowest BCUT2D eigenvalue weighted by molar-refractivity contribution is -0.114. The number of rotatable bonds is 0. The summed E-state index contributed by atoms with van der Waals surface area (Å²) in [6.45, 7) is 12.1. The highest BCUT2D eigenvalue weighted by atomic mass is 15.2. The van der Waals surface area contributed by atoms with E-state index < -0.39 is 0 Å². The van der Waals surface area contributed by atoms with Gasteiger partial charge < -0.3 is 0 Å². The Hall–Kier alpha value is -0.0400. The van der Waals surface area contributed by atoms with Crippen molar-refractivity contribution < 1.29 is 0 Å². The van der Waals surface area contributed by atoms with Crippen molar-refractivity contribution in [1.82, 2.24) is 4.90 Å². The third kappa shape index (κ3) is 2.29. The lowest BCUT2D eigenvalue weighted by Crippen LogP contribution is -2.53. The van der Waals surface area contributed by atoms with Crippen molar-refractivity contribution in [2.24, 2.45) is 52.3 Å². The number of hydrogen-bond acceptors (Lipinski definition) is 1. The SMILES string of the molecule is C[C@H]1CC[C@@H]2[C@@H](C)C3[C@H](C[C@H]4[C@@H]5CCC6CCCC[C@]6(C)[C@H]5CC[C@]34C)N2C1. The van der Waals surface area contributed by atoms with Crippen LogP contribution in [0.4, 0.5) is 0 Å². The van der Waals surface area contributed by atoms with Gasteiger partial charge in [-0.25, -0.2) is 0 Å². The van der Waals surface area contributed by atoms with Crippen molar-refractivity contribution in [2.45, 2.75) is 110 Å². The Morgan fingerprint density at radius 1 is 0.750 bits per heavy atom. The predicted octanol–water partition coefficient (Wildman–Crippen LogP) is 6.76. The Labute approximate surface area is 174 Å². The third-order valence-electron chi connectivity index (χ3n) is 12.2. The first-order valence-electron chi connectivity index (χ1n) is 13.2. The fraction of sp³-hybridized carbons (Fsp3) is 1.00. The van der Waals surface area contributed by atoms with Gasteiger partial charge in [0.25, 0.3) is 0 Å². The second-order valence-electron chi connectivity index (χ2n) is 13.1. The van der Waals surface area contributed by atoms with E-state index in [2.05, 4.69) is 32.6 Å². The second kappa shape index (κ2) is 6.24. The molecule has 2 aliphatic heterocycles. The summed E-state index contributed by atoms with van der Waals surface area (Å²) in [5.41, 5.74) is 1.36. The van der Waals surface area contributed by atoms with E-state index in [1.54, 1.807) is 44.9 Å². The number of nitrogens with zero attached hydrogens (tertiary/aromatic N) is 1. The van der Waals surface area contributed by atoms with Gasteiger partial charge in [0, 0.05) is 18.6 Å². The van der Waals surface area contributed by atoms with E-state index in [0.29, 0.717) is 10.8 Å². The molecule has 6 rings (SSSR count). The molecule has 6 aliphatic rings. The molecule has 11 atom stereocenters. The van der Waals surface area contributed by atoms with Gasteiger partial charge in [-0.05, 0) is 110 Å². The van der Waals surface area contributed by atoms with Gasteiger partial charge >= 0.3 is 0 Å². The van der Waals surface area contributed by atoms with Crippen LogP contribution < -0.4 is 0 Å². The minimum absolute atomic E-state index is 0.656. The topological polar surface area (TPSA) is 3.24 Å². The first-order valence-corrected chi connectivity index (χ1v) is 13.2. The Kier molecular flexibility index (Phi) is 4.17. The molecule has 2 unspecified atom stereocenters. The van der Waals surface area contributed by atoms with E-state index in [4.69, 9.17) is 0 Å². The smallest absolute Gasteiger partial charge is 0.0138 e. The Balaban J connectivity index is 1.32. The highest BCUT2D eigenvalue weighted by Crippen LogP contribution is 2.70. The Morgan fingerprint density at radius 3 is 2.46 bits per heavy atom.